The molecule has 3 rings (SSSR count). The van der Waals surface area contributed by atoms with Crippen LogP contribution in [0.3, 0.4) is 0 Å². The lowest BCUT2D eigenvalue weighted by Crippen LogP contribution is -2.50. The van der Waals surface area contributed by atoms with Gasteiger partial charge < -0.3 is 10.2 Å². The molecule has 1 heterocycles. The third kappa shape index (κ3) is 3.27. The standard InChI is InChI=1S/C19H27FN2O/c1-21-13-15-6-5-11-22(14-15)18(23)19(9-2-3-10-19)16-7-4-8-17(20)12-16/h4,7-8,12,15,21H,2-3,5-6,9-11,13-14H2,1H3. The number of rotatable bonds is 4. The number of nitrogens with one attached hydrogen (secondary N) is 1. The Kier molecular flexibility index (Phi) is 5.00. The Balaban J connectivity index is 1.84. The van der Waals surface area contributed by atoms with Crippen molar-refractivity contribution in [1.29, 1.82) is 0 Å². The number of nitrogens with zero attached hydrogens (tertiary/aromatic N) is 1. The number of piperidine rings is 1. The van der Waals surface area contributed by atoms with Gasteiger partial charge in [-0.3, -0.25) is 4.79 Å². The van der Waals surface area contributed by atoms with Gasteiger partial charge in [-0.05, 0) is 62.9 Å². The Morgan fingerprint density at radius 1 is 1.35 bits per heavy atom. The van der Waals surface area contributed by atoms with E-state index in [4.69, 9.17) is 0 Å². The van der Waals surface area contributed by atoms with Crippen molar-refractivity contribution in [2.75, 3.05) is 26.7 Å². The lowest BCUT2D eigenvalue weighted by atomic mass is 9.77. The lowest BCUT2D eigenvalue weighted by Gasteiger charge is -2.39. The van der Waals surface area contributed by atoms with Crippen LogP contribution in [0.25, 0.3) is 0 Å². The average Bonchev–Trinajstić information content (AvgIpc) is 3.06. The SMILES string of the molecule is CNCC1CCCN(C(=O)C2(c3cccc(F)c3)CCCC2)C1. The second-order valence-electron chi connectivity index (χ2n) is 7.12. The Hall–Kier alpha value is -1.42. The summed E-state index contributed by atoms with van der Waals surface area (Å²) in [5.74, 6) is 0.512. The van der Waals surface area contributed by atoms with Gasteiger partial charge in [0.15, 0.2) is 0 Å². The summed E-state index contributed by atoms with van der Waals surface area (Å²) in [7, 11) is 1.96. The van der Waals surface area contributed by atoms with Gasteiger partial charge in [-0.1, -0.05) is 25.0 Å². The molecule has 1 atom stereocenters. The first-order valence-electron chi connectivity index (χ1n) is 8.86. The van der Waals surface area contributed by atoms with Crippen LogP contribution in [0.15, 0.2) is 24.3 Å². The lowest BCUT2D eigenvalue weighted by molar-refractivity contribution is -0.139. The summed E-state index contributed by atoms with van der Waals surface area (Å²) in [6.45, 7) is 2.63. The minimum atomic E-state index is -0.496. The van der Waals surface area contributed by atoms with E-state index >= 15 is 0 Å². The monoisotopic (exact) mass is 318 g/mol. The topological polar surface area (TPSA) is 32.3 Å². The second-order valence-corrected chi connectivity index (χ2v) is 7.12. The summed E-state index contributed by atoms with van der Waals surface area (Å²) in [5.41, 5.74) is 0.375. The number of hydrogen-bond acceptors (Lipinski definition) is 2. The molecule has 1 unspecified atom stereocenters. The largest absolute Gasteiger partial charge is 0.342 e. The number of benzene rings is 1. The van der Waals surface area contributed by atoms with Crippen molar-refractivity contribution >= 4 is 5.91 Å². The van der Waals surface area contributed by atoms with Crippen LogP contribution in [-0.4, -0.2) is 37.5 Å². The van der Waals surface area contributed by atoms with Gasteiger partial charge in [0.05, 0.1) is 5.41 Å². The Labute approximate surface area is 138 Å². The van der Waals surface area contributed by atoms with E-state index in [1.54, 1.807) is 12.1 Å². The van der Waals surface area contributed by atoms with Crippen LogP contribution < -0.4 is 5.32 Å². The van der Waals surface area contributed by atoms with Crippen molar-refractivity contribution in [3.8, 4) is 0 Å². The molecule has 4 heteroatoms. The van der Waals surface area contributed by atoms with Gasteiger partial charge >= 0.3 is 0 Å². The number of likely N-dealkylation sites (tertiary alicyclic amines) is 1. The van der Waals surface area contributed by atoms with Crippen LogP contribution in [0, 0.1) is 11.7 Å². The van der Waals surface area contributed by atoms with E-state index in [0.29, 0.717) is 5.92 Å². The van der Waals surface area contributed by atoms with E-state index in [2.05, 4.69) is 5.32 Å². The van der Waals surface area contributed by atoms with E-state index in [1.165, 1.54) is 12.5 Å². The Morgan fingerprint density at radius 3 is 2.83 bits per heavy atom. The van der Waals surface area contributed by atoms with Crippen LogP contribution in [-0.2, 0) is 10.2 Å². The van der Waals surface area contributed by atoms with Crippen LogP contribution in [0.1, 0.15) is 44.1 Å². The van der Waals surface area contributed by atoms with Crippen molar-refractivity contribution in [3.05, 3.63) is 35.6 Å². The zero-order valence-electron chi connectivity index (χ0n) is 14.0. The fourth-order valence-electron chi connectivity index (χ4n) is 4.40. The van der Waals surface area contributed by atoms with Crippen molar-refractivity contribution in [2.45, 2.75) is 43.9 Å². The molecule has 1 amide bonds. The van der Waals surface area contributed by atoms with Crippen molar-refractivity contribution in [3.63, 3.8) is 0 Å². The first kappa shape index (κ1) is 16.4. The summed E-state index contributed by atoms with van der Waals surface area (Å²) >= 11 is 0. The van der Waals surface area contributed by atoms with E-state index < -0.39 is 5.41 Å². The maximum Gasteiger partial charge on any atom is 0.233 e. The molecule has 1 saturated heterocycles. The van der Waals surface area contributed by atoms with Crippen LogP contribution >= 0.6 is 0 Å². The zero-order valence-corrected chi connectivity index (χ0v) is 14.0. The summed E-state index contributed by atoms with van der Waals surface area (Å²) in [5, 5.41) is 3.23. The van der Waals surface area contributed by atoms with Gasteiger partial charge in [-0.2, -0.15) is 0 Å². The van der Waals surface area contributed by atoms with Crippen LogP contribution in [0.4, 0.5) is 4.39 Å². The molecule has 0 bridgehead atoms. The normalized spacial score (nSPS) is 23.9. The molecule has 2 fully saturated rings. The number of carbonyl (C=O) groups is 1. The highest BCUT2D eigenvalue weighted by atomic mass is 19.1. The fourth-order valence-corrected chi connectivity index (χ4v) is 4.40. The van der Waals surface area contributed by atoms with E-state index in [-0.39, 0.29) is 11.7 Å². The molecule has 1 saturated carbocycles. The third-order valence-corrected chi connectivity index (χ3v) is 5.54. The Bertz CT molecular complexity index is 552. The Morgan fingerprint density at radius 2 is 2.13 bits per heavy atom. The number of amides is 1. The van der Waals surface area contributed by atoms with Gasteiger partial charge in [0, 0.05) is 13.1 Å². The summed E-state index contributed by atoms with van der Waals surface area (Å²) in [6.07, 6.45) is 6.05. The van der Waals surface area contributed by atoms with E-state index in [9.17, 15) is 9.18 Å². The molecule has 0 aromatic heterocycles. The molecule has 126 valence electrons. The molecule has 1 aliphatic carbocycles. The molecule has 0 spiro atoms. The number of carbonyl (C=O) groups excluding carboxylic acids is 1. The maximum absolute atomic E-state index is 13.7. The summed E-state index contributed by atoms with van der Waals surface area (Å²) in [6, 6.07) is 6.69. The van der Waals surface area contributed by atoms with E-state index in [0.717, 1.165) is 57.3 Å². The smallest absolute Gasteiger partial charge is 0.233 e. The molecule has 0 radical (unpaired) electrons. The highest BCUT2D eigenvalue weighted by Gasteiger charge is 2.45. The van der Waals surface area contributed by atoms with Gasteiger partial charge in [-0.25, -0.2) is 4.39 Å². The van der Waals surface area contributed by atoms with Crippen molar-refractivity contribution in [2.24, 2.45) is 5.92 Å². The highest BCUT2D eigenvalue weighted by Crippen LogP contribution is 2.43. The van der Waals surface area contributed by atoms with E-state index in [1.807, 2.05) is 18.0 Å². The van der Waals surface area contributed by atoms with Crippen LogP contribution in [0.2, 0.25) is 0 Å². The van der Waals surface area contributed by atoms with Gasteiger partial charge in [-0.15, -0.1) is 0 Å². The minimum absolute atomic E-state index is 0.224. The van der Waals surface area contributed by atoms with Crippen LogP contribution in [0.5, 0.6) is 0 Å². The fraction of sp³-hybridized carbons (Fsp3) is 0.632. The molecule has 1 aromatic rings. The number of halogens is 1. The highest BCUT2D eigenvalue weighted by molar-refractivity contribution is 5.88. The van der Waals surface area contributed by atoms with Gasteiger partial charge in [0.2, 0.25) is 5.91 Å². The zero-order chi connectivity index (χ0) is 16.3. The number of hydrogen-bond donors (Lipinski definition) is 1. The molecule has 1 aliphatic heterocycles. The summed E-state index contributed by atoms with van der Waals surface area (Å²) < 4.78 is 13.7. The van der Waals surface area contributed by atoms with Crippen molar-refractivity contribution < 1.29 is 9.18 Å². The third-order valence-electron chi connectivity index (χ3n) is 5.54. The molecule has 23 heavy (non-hydrogen) atoms. The first-order chi connectivity index (χ1) is 11.2. The second kappa shape index (κ2) is 7.00. The predicted octanol–water partition coefficient (Wildman–Crippen LogP) is 3.10. The average molecular weight is 318 g/mol. The molecular formula is C19H27FN2O. The molecule has 1 aromatic carbocycles. The maximum atomic E-state index is 13.7. The van der Waals surface area contributed by atoms with Gasteiger partial charge in [0.1, 0.15) is 5.82 Å². The quantitative estimate of drug-likeness (QED) is 0.925. The molecule has 3 nitrogen and oxygen atoms in total. The summed E-state index contributed by atoms with van der Waals surface area (Å²) in [4.78, 5) is 15.4. The van der Waals surface area contributed by atoms with Gasteiger partial charge in [0.25, 0.3) is 0 Å². The minimum Gasteiger partial charge on any atom is -0.342 e. The molecule has 1 N–H and O–H groups in total. The molecular weight excluding hydrogens is 291 g/mol. The first-order valence-corrected chi connectivity index (χ1v) is 8.86. The predicted molar refractivity (Wildman–Crippen MR) is 89.8 cm³/mol. The van der Waals surface area contributed by atoms with Crippen molar-refractivity contribution in [1.82, 2.24) is 10.2 Å². The molecule has 2 aliphatic rings.